The molecule has 0 aliphatic rings. The predicted octanol–water partition coefficient (Wildman–Crippen LogP) is 3.73. The van der Waals surface area contributed by atoms with Crippen molar-refractivity contribution in [3.63, 3.8) is 0 Å². The number of nitrogens with one attached hydrogen (secondary N) is 2. The summed E-state index contributed by atoms with van der Waals surface area (Å²) in [6.07, 6.45) is 0.628. The number of hydrazone groups is 1. The van der Waals surface area contributed by atoms with Crippen molar-refractivity contribution in [3.05, 3.63) is 65.9 Å². The number of phenolic OH excluding ortho intramolecular Hbond substituents is 1. The van der Waals surface area contributed by atoms with Gasteiger partial charge in [0, 0.05) is 5.56 Å². The Morgan fingerprint density at radius 2 is 1.96 bits per heavy atom. The van der Waals surface area contributed by atoms with Gasteiger partial charge in [0.05, 0.1) is 18.0 Å². The number of H-pyrrole nitrogens is 1. The van der Waals surface area contributed by atoms with Gasteiger partial charge in [-0.15, -0.1) is 0 Å². The summed E-state index contributed by atoms with van der Waals surface area (Å²) in [6, 6.07) is 15.9. The molecule has 0 aliphatic carbocycles. The number of benzene rings is 2. The fourth-order valence-electron chi connectivity index (χ4n) is 2.68. The maximum atomic E-state index is 12.4. The van der Waals surface area contributed by atoms with E-state index in [-0.39, 0.29) is 11.7 Å². The fraction of sp³-hybridized carbons (Fsp3) is 0.190. The number of carbonyl (C=O) groups excluding carboxylic acids is 1. The molecule has 0 bridgehead atoms. The van der Waals surface area contributed by atoms with Crippen molar-refractivity contribution in [2.24, 2.45) is 5.10 Å². The number of aromatic amines is 1. The number of hydrogen-bond donors (Lipinski definition) is 3. The van der Waals surface area contributed by atoms with E-state index in [4.69, 9.17) is 4.74 Å². The minimum atomic E-state index is -0.385. The van der Waals surface area contributed by atoms with E-state index in [9.17, 15) is 9.90 Å². The molecule has 2 aromatic carbocycles. The summed E-state index contributed by atoms with van der Waals surface area (Å²) in [5, 5.41) is 20.5. The molecule has 28 heavy (non-hydrogen) atoms. The van der Waals surface area contributed by atoms with Crippen LogP contribution in [0, 0.1) is 0 Å². The molecule has 1 heterocycles. The van der Waals surface area contributed by atoms with Gasteiger partial charge in [-0.3, -0.25) is 9.89 Å². The highest BCUT2D eigenvalue weighted by molar-refractivity contribution is 6.02. The molecule has 0 saturated carbocycles. The van der Waals surface area contributed by atoms with E-state index in [2.05, 4.69) is 20.7 Å². The lowest BCUT2D eigenvalue weighted by molar-refractivity contribution is 0.0950. The summed E-state index contributed by atoms with van der Waals surface area (Å²) < 4.78 is 5.50. The summed E-state index contributed by atoms with van der Waals surface area (Å²) in [5.74, 6) is 0.547. The SMILES string of the molecule is CCOc1cccc(-c2cc(C(=O)NN=C(CC)c3ccc(O)cc3)[nH]n2)c1. The van der Waals surface area contributed by atoms with Crippen molar-refractivity contribution in [1.82, 2.24) is 15.6 Å². The molecule has 0 fully saturated rings. The van der Waals surface area contributed by atoms with Crippen LogP contribution in [0.1, 0.15) is 36.3 Å². The Bertz CT molecular complexity index is 977. The van der Waals surface area contributed by atoms with Gasteiger partial charge in [0.25, 0.3) is 5.91 Å². The number of phenols is 1. The van der Waals surface area contributed by atoms with E-state index >= 15 is 0 Å². The van der Waals surface area contributed by atoms with Crippen molar-refractivity contribution in [2.75, 3.05) is 6.61 Å². The average molecular weight is 378 g/mol. The lowest BCUT2D eigenvalue weighted by atomic mass is 10.1. The molecule has 1 amide bonds. The van der Waals surface area contributed by atoms with Crippen LogP contribution in [0.3, 0.4) is 0 Å². The molecule has 0 saturated heterocycles. The summed E-state index contributed by atoms with van der Waals surface area (Å²) in [6.45, 7) is 4.45. The Kier molecular flexibility index (Phi) is 6.06. The second kappa shape index (κ2) is 8.85. The number of nitrogens with zero attached hydrogens (tertiary/aromatic N) is 2. The van der Waals surface area contributed by atoms with Crippen molar-refractivity contribution >= 4 is 11.6 Å². The van der Waals surface area contributed by atoms with Crippen LogP contribution in [-0.4, -0.2) is 33.5 Å². The Balaban J connectivity index is 1.73. The Morgan fingerprint density at radius 1 is 1.18 bits per heavy atom. The molecule has 3 aromatic rings. The van der Waals surface area contributed by atoms with Gasteiger partial charge in [-0.2, -0.15) is 10.2 Å². The first-order valence-electron chi connectivity index (χ1n) is 9.05. The summed E-state index contributed by atoms with van der Waals surface area (Å²) in [4.78, 5) is 12.4. The smallest absolute Gasteiger partial charge is 0.289 e. The van der Waals surface area contributed by atoms with E-state index in [1.807, 2.05) is 38.1 Å². The van der Waals surface area contributed by atoms with Crippen LogP contribution in [-0.2, 0) is 0 Å². The third-order valence-electron chi connectivity index (χ3n) is 4.09. The molecule has 3 rings (SSSR count). The number of amides is 1. The van der Waals surface area contributed by atoms with E-state index in [1.54, 1.807) is 30.3 Å². The van der Waals surface area contributed by atoms with Crippen LogP contribution in [0.4, 0.5) is 0 Å². The van der Waals surface area contributed by atoms with Crippen LogP contribution in [0.15, 0.2) is 59.7 Å². The summed E-state index contributed by atoms with van der Waals surface area (Å²) in [5.41, 5.74) is 5.89. The fourth-order valence-corrected chi connectivity index (χ4v) is 2.68. The maximum absolute atomic E-state index is 12.4. The maximum Gasteiger partial charge on any atom is 0.289 e. The quantitative estimate of drug-likeness (QED) is 0.431. The molecule has 0 aliphatic heterocycles. The van der Waals surface area contributed by atoms with Crippen LogP contribution in [0.25, 0.3) is 11.3 Å². The normalized spacial score (nSPS) is 11.3. The van der Waals surface area contributed by atoms with Crippen molar-refractivity contribution < 1.29 is 14.6 Å². The predicted molar refractivity (Wildman–Crippen MR) is 108 cm³/mol. The largest absolute Gasteiger partial charge is 0.508 e. The zero-order valence-corrected chi connectivity index (χ0v) is 15.8. The number of hydrogen-bond acceptors (Lipinski definition) is 5. The van der Waals surface area contributed by atoms with Crippen LogP contribution >= 0.6 is 0 Å². The van der Waals surface area contributed by atoms with Gasteiger partial charge in [0.15, 0.2) is 0 Å². The number of aromatic nitrogens is 2. The standard InChI is InChI=1S/C21H22N4O3/c1-3-18(14-8-10-16(26)11-9-14)22-25-21(27)20-13-19(23-24-20)15-6-5-7-17(12-15)28-4-2/h5-13,26H,3-4H2,1-2H3,(H,23,24)(H,25,27). The van der Waals surface area contributed by atoms with Crippen molar-refractivity contribution in [2.45, 2.75) is 20.3 Å². The third-order valence-corrected chi connectivity index (χ3v) is 4.09. The first-order valence-corrected chi connectivity index (χ1v) is 9.05. The lowest BCUT2D eigenvalue weighted by Crippen LogP contribution is -2.20. The zero-order valence-electron chi connectivity index (χ0n) is 15.8. The van der Waals surface area contributed by atoms with Gasteiger partial charge in [-0.05, 0) is 61.4 Å². The molecule has 1 aromatic heterocycles. The van der Waals surface area contributed by atoms with Crippen LogP contribution in [0.2, 0.25) is 0 Å². The second-order valence-corrected chi connectivity index (χ2v) is 6.03. The molecular weight excluding hydrogens is 356 g/mol. The lowest BCUT2D eigenvalue weighted by Gasteiger charge is -2.05. The summed E-state index contributed by atoms with van der Waals surface area (Å²) >= 11 is 0. The average Bonchev–Trinajstić information content (AvgIpc) is 3.20. The van der Waals surface area contributed by atoms with E-state index in [0.717, 1.165) is 16.9 Å². The van der Waals surface area contributed by atoms with Gasteiger partial charge in [-0.1, -0.05) is 19.1 Å². The molecule has 7 nitrogen and oxygen atoms in total. The molecule has 7 heteroatoms. The second-order valence-electron chi connectivity index (χ2n) is 6.03. The van der Waals surface area contributed by atoms with E-state index in [0.29, 0.717) is 30.1 Å². The Labute approximate surface area is 163 Å². The number of carbonyl (C=O) groups is 1. The van der Waals surface area contributed by atoms with Crippen molar-refractivity contribution in [1.29, 1.82) is 0 Å². The van der Waals surface area contributed by atoms with Gasteiger partial charge < -0.3 is 9.84 Å². The van der Waals surface area contributed by atoms with Crippen molar-refractivity contribution in [3.8, 4) is 22.8 Å². The van der Waals surface area contributed by atoms with Gasteiger partial charge in [-0.25, -0.2) is 5.43 Å². The zero-order chi connectivity index (χ0) is 19.9. The third kappa shape index (κ3) is 4.56. The van der Waals surface area contributed by atoms with E-state index in [1.165, 1.54) is 0 Å². The molecule has 0 spiro atoms. The van der Waals surface area contributed by atoms with Crippen LogP contribution in [0.5, 0.6) is 11.5 Å². The monoisotopic (exact) mass is 378 g/mol. The van der Waals surface area contributed by atoms with Gasteiger partial charge >= 0.3 is 0 Å². The molecule has 3 N–H and O–H groups in total. The minimum Gasteiger partial charge on any atom is -0.508 e. The first kappa shape index (κ1) is 19.2. The van der Waals surface area contributed by atoms with Crippen LogP contribution < -0.4 is 10.2 Å². The summed E-state index contributed by atoms with van der Waals surface area (Å²) in [7, 11) is 0. The molecule has 0 unspecified atom stereocenters. The molecule has 144 valence electrons. The first-order chi connectivity index (χ1) is 13.6. The highest BCUT2D eigenvalue weighted by Crippen LogP contribution is 2.22. The van der Waals surface area contributed by atoms with Gasteiger partial charge in [0.2, 0.25) is 0 Å². The highest BCUT2D eigenvalue weighted by atomic mass is 16.5. The number of rotatable bonds is 7. The van der Waals surface area contributed by atoms with E-state index < -0.39 is 0 Å². The number of ether oxygens (including phenoxy) is 1. The topological polar surface area (TPSA) is 99.6 Å². The Hall–Kier alpha value is -3.61. The highest BCUT2D eigenvalue weighted by Gasteiger charge is 2.12. The number of aromatic hydroxyl groups is 1. The minimum absolute atomic E-state index is 0.182. The molecular formula is C21H22N4O3. The molecule has 0 atom stereocenters. The Morgan fingerprint density at radius 3 is 2.68 bits per heavy atom. The molecule has 0 radical (unpaired) electrons. The van der Waals surface area contributed by atoms with Gasteiger partial charge in [0.1, 0.15) is 17.2 Å².